The first-order valence-corrected chi connectivity index (χ1v) is 7.92. The zero-order valence-corrected chi connectivity index (χ0v) is 12.1. The van der Waals surface area contributed by atoms with Gasteiger partial charge in [-0.25, -0.2) is 8.42 Å². The van der Waals surface area contributed by atoms with Gasteiger partial charge in [0.25, 0.3) is 5.91 Å². The summed E-state index contributed by atoms with van der Waals surface area (Å²) < 4.78 is 22.5. The van der Waals surface area contributed by atoms with Crippen LogP contribution in [0.3, 0.4) is 0 Å². The average molecular weight is 299 g/mol. The second-order valence-electron chi connectivity index (χ2n) is 4.58. The third kappa shape index (κ3) is 4.65. The molecule has 0 heterocycles. The number of aliphatic carboxylic acids is 1. The van der Waals surface area contributed by atoms with Gasteiger partial charge in [-0.1, -0.05) is 6.92 Å². The maximum absolute atomic E-state index is 11.7. The summed E-state index contributed by atoms with van der Waals surface area (Å²) in [6.07, 6.45) is 1.43. The zero-order chi connectivity index (χ0) is 15.3. The minimum atomic E-state index is -3.28. The number of rotatable bonds is 6. The predicted octanol–water partition coefficient (Wildman–Crippen LogP) is 0.931. The summed E-state index contributed by atoms with van der Waals surface area (Å²) in [6, 6.07) is 5.58. The molecule has 0 spiro atoms. The summed E-state index contributed by atoms with van der Waals surface area (Å²) in [6.45, 7) is 1.81. The van der Waals surface area contributed by atoms with Crippen molar-refractivity contribution in [3.05, 3.63) is 29.8 Å². The van der Waals surface area contributed by atoms with Gasteiger partial charge < -0.3 is 10.4 Å². The van der Waals surface area contributed by atoms with E-state index in [1.54, 1.807) is 6.92 Å². The molecule has 1 unspecified atom stereocenters. The highest BCUT2D eigenvalue weighted by atomic mass is 32.2. The molecule has 110 valence electrons. The molecule has 2 N–H and O–H groups in total. The Morgan fingerprint density at radius 2 is 1.80 bits per heavy atom. The highest BCUT2D eigenvalue weighted by molar-refractivity contribution is 7.90. The molecular formula is C13H17NO5S. The fourth-order valence-electron chi connectivity index (χ4n) is 1.48. The van der Waals surface area contributed by atoms with Crippen LogP contribution in [0.4, 0.5) is 0 Å². The molecule has 1 rings (SSSR count). The summed E-state index contributed by atoms with van der Waals surface area (Å²) in [4.78, 5) is 22.5. The number of hydrogen-bond acceptors (Lipinski definition) is 4. The molecule has 20 heavy (non-hydrogen) atoms. The Morgan fingerprint density at radius 3 is 2.25 bits per heavy atom. The molecule has 1 atom stereocenters. The fourth-order valence-corrected chi connectivity index (χ4v) is 2.11. The lowest BCUT2D eigenvalue weighted by Crippen LogP contribution is -2.27. The van der Waals surface area contributed by atoms with Gasteiger partial charge in [0.05, 0.1) is 10.8 Å². The number of hydrogen-bond donors (Lipinski definition) is 2. The van der Waals surface area contributed by atoms with Crippen LogP contribution in [0.5, 0.6) is 0 Å². The van der Waals surface area contributed by atoms with Gasteiger partial charge in [-0.2, -0.15) is 0 Å². The van der Waals surface area contributed by atoms with Gasteiger partial charge in [0.2, 0.25) is 0 Å². The van der Waals surface area contributed by atoms with Crippen LogP contribution in [0.15, 0.2) is 29.2 Å². The lowest BCUT2D eigenvalue weighted by molar-refractivity contribution is -0.141. The van der Waals surface area contributed by atoms with Crippen LogP contribution in [0.2, 0.25) is 0 Å². The van der Waals surface area contributed by atoms with E-state index in [-0.39, 0.29) is 17.3 Å². The topological polar surface area (TPSA) is 101 Å². The molecule has 6 nitrogen and oxygen atoms in total. The first kappa shape index (κ1) is 16.2. The fraction of sp³-hybridized carbons (Fsp3) is 0.385. The predicted molar refractivity (Wildman–Crippen MR) is 73.3 cm³/mol. The highest BCUT2D eigenvalue weighted by Gasteiger charge is 2.12. The summed E-state index contributed by atoms with van der Waals surface area (Å²) in [7, 11) is -3.28. The van der Waals surface area contributed by atoms with Crippen LogP contribution in [0.25, 0.3) is 0 Å². The van der Waals surface area contributed by atoms with Gasteiger partial charge in [-0.15, -0.1) is 0 Å². The van der Waals surface area contributed by atoms with E-state index in [1.807, 2.05) is 0 Å². The Kier molecular flexibility index (Phi) is 5.26. The maximum atomic E-state index is 11.7. The monoisotopic (exact) mass is 299 g/mol. The number of benzene rings is 1. The number of amides is 1. The van der Waals surface area contributed by atoms with Crippen LogP contribution in [0, 0.1) is 5.92 Å². The second kappa shape index (κ2) is 6.51. The van der Waals surface area contributed by atoms with Crippen molar-refractivity contribution in [3.8, 4) is 0 Å². The van der Waals surface area contributed by atoms with Gasteiger partial charge in [0.1, 0.15) is 0 Å². The third-order valence-corrected chi connectivity index (χ3v) is 3.96. The normalized spacial score (nSPS) is 12.7. The summed E-state index contributed by atoms with van der Waals surface area (Å²) in [5, 5.41) is 11.3. The first-order valence-electron chi connectivity index (χ1n) is 6.03. The Balaban J connectivity index is 2.59. The van der Waals surface area contributed by atoms with E-state index in [1.165, 1.54) is 24.3 Å². The van der Waals surface area contributed by atoms with Gasteiger partial charge in [-0.05, 0) is 30.7 Å². The smallest absolute Gasteiger partial charge is 0.306 e. The van der Waals surface area contributed by atoms with Crippen LogP contribution in [-0.4, -0.2) is 38.2 Å². The van der Waals surface area contributed by atoms with Crippen molar-refractivity contribution in [3.63, 3.8) is 0 Å². The van der Waals surface area contributed by atoms with Crippen molar-refractivity contribution < 1.29 is 23.1 Å². The zero-order valence-electron chi connectivity index (χ0n) is 11.3. The number of nitrogens with one attached hydrogen (secondary N) is 1. The number of carbonyl (C=O) groups excluding carboxylic acids is 1. The Morgan fingerprint density at radius 1 is 1.25 bits per heavy atom. The standard InChI is InChI=1S/C13H17NO5S/c1-9(13(16)17)7-8-14-12(15)10-3-5-11(6-4-10)20(2,18)19/h3-6,9H,7-8H2,1-2H3,(H,14,15)(H,16,17). The summed E-state index contributed by atoms with van der Waals surface area (Å²) in [5.74, 6) is -1.79. The second-order valence-corrected chi connectivity index (χ2v) is 6.60. The molecule has 1 aromatic rings. The van der Waals surface area contributed by atoms with Crippen LogP contribution >= 0.6 is 0 Å². The highest BCUT2D eigenvalue weighted by Crippen LogP contribution is 2.10. The van der Waals surface area contributed by atoms with Crippen LogP contribution in [0.1, 0.15) is 23.7 Å². The molecule has 0 aliphatic heterocycles. The SMILES string of the molecule is CC(CCNC(=O)c1ccc(S(C)(=O)=O)cc1)C(=O)O. The molecule has 1 aromatic carbocycles. The summed E-state index contributed by atoms with van der Waals surface area (Å²) >= 11 is 0. The van der Waals surface area contributed by atoms with Crippen molar-refractivity contribution in [1.29, 1.82) is 0 Å². The van der Waals surface area contributed by atoms with E-state index in [0.717, 1.165) is 6.26 Å². The van der Waals surface area contributed by atoms with E-state index in [0.29, 0.717) is 12.0 Å². The molecule has 0 aromatic heterocycles. The van der Waals surface area contributed by atoms with E-state index in [4.69, 9.17) is 5.11 Å². The molecule has 0 fully saturated rings. The Hall–Kier alpha value is -1.89. The van der Waals surface area contributed by atoms with Gasteiger partial charge in [0, 0.05) is 18.4 Å². The van der Waals surface area contributed by atoms with Gasteiger partial charge in [0.15, 0.2) is 9.84 Å². The molecule has 0 saturated heterocycles. The van der Waals surface area contributed by atoms with E-state index >= 15 is 0 Å². The number of carbonyl (C=O) groups is 2. The molecule has 0 radical (unpaired) electrons. The third-order valence-electron chi connectivity index (χ3n) is 2.83. The van der Waals surface area contributed by atoms with Crippen LogP contribution < -0.4 is 5.32 Å². The molecular weight excluding hydrogens is 282 g/mol. The lowest BCUT2D eigenvalue weighted by atomic mass is 10.1. The Bertz CT molecular complexity index is 592. The van der Waals surface area contributed by atoms with Gasteiger partial charge in [-0.3, -0.25) is 9.59 Å². The number of carboxylic acids is 1. The number of carboxylic acid groups (broad SMARTS) is 1. The minimum Gasteiger partial charge on any atom is -0.481 e. The number of sulfone groups is 1. The Labute approximate surface area is 117 Å². The lowest BCUT2D eigenvalue weighted by Gasteiger charge is -2.08. The van der Waals surface area contributed by atoms with E-state index in [2.05, 4.69) is 5.32 Å². The average Bonchev–Trinajstić information content (AvgIpc) is 2.37. The van der Waals surface area contributed by atoms with Gasteiger partial charge >= 0.3 is 5.97 Å². The molecule has 0 aliphatic rings. The quantitative estimate of drug-likeness (QED) is 0.814. The first-order chi connectivity index (χ1) is 9.21. The van der Waals surface area contributed by atoms with Crippen molar-refractivity contribution >= 4 is 21.7 Å². The maximum Gasteiger partial charge on any atom is 0.306 e. The van der Waals surface area contributed by atoms with Crippen molar-refractivity contribution in [2.75, 3.05) is 12.8 Å². The van der Waals surface area contributed by atoms with Crippen molar-refractivity contribution in [1.82, 2.24) is 5.32 Å². The van der Waals surface area contributed by atoms with Crippen molar-refractivity contribution in [2.24, 2.45) is 5.92 Å². The van der Waals surface area contributed by atoms with Crippen molar-refractivity contribution in [2.45, 2.75) is 18.2 Å². The largest absolute Gasteiger partial charge is 0.481 e. The van der Waals surface area contributed by atoms with E-state index in [9.17, 15) is 18.0 Å². The summed E-state index contributed by atoms with van der Waals surface area (Å²) in [5.41, 5.74) is 0.334. The molecule has 0 aliphatic carbocycles. The van der Waals surface area contributed by atoms with E-state index < -0.39 is 21.7 Å². The molecule has 1 amide bonds. The van der Waals surface area contributed by atoms with Crippen LogP contribution in [-0.2, 0) is 14.6 Å². The molecule has 0 saturated carbocycles. The molecule has 0 bridgehead atoms. The minimum absolute atomic E-state index is 0.147. The molecule has 7 heteroatoms.